The van der Waals surface area contributed by atoms with E-state index < -0.39 is 0 Å². The van der Waals surface area contributed by atoms with E-state index in [2.05, 4.69) is 24.1 Å². The van der Waals surface area contributed by atoms with E-state index in [1.165, 1.54) is 0 Å². The van der Waals surface area contributed by atoms with Crippen molar-refractivity contribution in [1.82, 2.24) is 10.2 Å². The first-order valence-electron chi connectivity index (χ1n) is 5.82. The summed E-state index contributed by atoms with van der Waals surface area (Å²) in [7, 11) is 0. The van der Waals surface area contributed by atoms with Crippen molar-refractivity contribution in [2.24, 2.45) is 17.6 Å². The molecule has 1 aliphatic rings. The lowest BCUT2D eigenvalue weighted by atomic mass is 9.95. The fraction of sp³-hybridized carbons (Fsp3) is 0.909. The molecule has 1 atom stereocenters. The first kappa shape index (κ1) is 12.5. The van der Waals surface area contributed by atoms with Gasteiger partial charge in [-0.25, -0.2) is 0 Å². The summed E-state index contributed by atoms with van der Waals surface area (Å²) in [4.78, 5) is 13.6. The molecule has 88 valence electrons. The van der Waals surface area contributed by atoms with Gasteiger partial charge < -0.3 is 11.1 Å². The Balaban J connectivity index is 2.44. The minimum atomic E-state index is 0.145. The molecule has 1 rings (SSSR count). The van der Waals surface area contributed by atoms with Crippen molar-refractivity contribution in [1.29, 1.82) is 0 Å². The molecule has 0 aromatic heterocycles. The molecule has 3 N–H and O–H groups in total. The van der Waals surface area contributed by atoms with Gasteiger partial charge in [0.05, 0.1) is 6.54 Å². The van der Waals surface area contributed by atoms with Crippen molar-refractivity contribution in [3.63, 3.8) is 0 Å². The van der Waals surface area contributed by atoms with E-state index in [-0.39, 0.29) is 5.91 Å². The summed E-state index contributed by atoms with van der Waals surface area (Å²) in [5.41, 5.74) is 5.74. The third kappa shape index (κ3) is 4.18. The molecule has 0 aromatic rings. The zero-order valence-electron chi connectivity index (χ0n) is 9.83. The van der Waals surface area contributed by atoms with Crippen LogP contribution in [0, 0.1) is 11.8 Å². The maximum Gasteiger partial charge on any atom is 0.234 e. The monoisotopic (exact) mass is 213 g/mol. The molecule has 1 amide bonds. The van der Waals surface area contributed by atoms with Gasteiger partial charge in [-0.15, -0.1) is 0 Å². The second-order valence-corrected chi connectivity index (χ2v) is 4.68. The lowest BCUT2D eigenvalue weighted by Gasteiger charge is -2.26. The predicted molar refractivity (Wildman–Crippen MR) is 61.4 cm³/mol. The molecule has 0 aromatic carbocycles. The van der Waals surface area contributed by atoms with Crippen LogP contribution in [-0.2, 0) is 4.79 Å². The van der Waals surface area contributed by atoms with E-state index in [1.807, 2.05) is 0 Å². The number of rotatable bonds is 4. The Morgan fingerprint density at radius 2 is 2.27 bits per heavy atom. The Kier molecular flexibility index (Phi) is 5.05. The first-order chi connectivity index (χ1) is 7.13. The number of nitrogens with zero attached hydrogens (tertiary/aromatic N) is 1. The molecule has 1 aliphatic heterocycles. The summed E-state index contributed by atoms with van der Waals surface area (Å²) in [5, 5.41) is 2.88. The largest absolute Gasteiger partial charge is 0.355 e. The SMILES string of the molecule is CC(C)C(CN)CN1CCCNC(=O)C1. The van der Waals surface area contributed by atoms with Gasteiger partial charge in [0.1, 0.15) is 0 Å². The van der Waals surface area contributed by atoms with Gasteiger partial charge in [-0.05, 0) is 24.8 Å². The minimum Gasteiger partial charge on any atom is -0.355 e. The zero-order chi connectivity index (χ0) is 11.3. The van der Waals surface area contributed by atoms with Crippen molar-refractivity contribution in [3.05, 3.63) is 0 Å². The van der Waals surface area contributed by atoms with E-state index in [1.54, 1.807) is 0 Å². The second kappa shape index (κ2) is 6.08. The van der Waals surface area contributed by atoms with Crippen LogP contribution in [0.4, 0.5) is 0 Å². The van der Waals surface area contributed by atoms with Gasteiger partial charge in [0.2, 0.25) is 5.91 Å². The number of nitrogens with two attached hydrogens (primary N) is 1. The maximum absolute atomic E-state index is 11.3. The van der Waals surface area contributed by atoms with Crippen molar-refractivity contribution >= 4 is 5.91 Å². The van der Waals surface area contributed by atoms with Gasteiger partial charge in [0.25, 0.3) is 0 Å². The summed E-state index contributed by atoms with van der Waals surface area (Å²) in [6.07, 6.45) is 1.04. The number of carbonyl (C=O) groups excluding carboxylic acids is 1. The van der Waals surface area contributed by atoms with E-state index in [9.17, 15) is 4.79 Å². The minimum absolute atomic E-state index is 0.145. The van der Waals surface area contributed by atoms with Crippen molar-refractivity contribution in [2.45, 2.75) is 20.3 Å². The number of hydrogen-bond acceptors (Lipinski definition) is 3. The topological polar surface area (TPSA) is 58.4 Å². The highest BCUT2D eigenvalue weighted by atomic mass is 16.2. The molecular weight excluding hydrogens is 190 g/mol. The molecular formula is C11H23N3O. The Morgan fingerprint density at radius 3 is 2.87 bits per heavy atom. The van der Waals surface area contributed by atoms with Gasteiger partial charge in [-0.2, -0.15) is 0 Å². The number of hydrogen-bond donors (Lipinski definition) is 2. The van der Waals surface area contributed by atoms with Crippen LogP contribution in [0.25, 0.3) is 0 Å². The summed E-state index contributed by atoms with van der Waals surface area (Å²) in [6, 6.07) is 0. The number of nitrogens with one attached hydrogen (secondary N) is 1. The summed E-state index contributed by atoms with van der Waals surface area (Å²) < 4.78 is 0. The van der Waals surface area contributed by atoms with Crippen LogP contribution in [0.5, 0.6) is 0 Å². The molecule has 1 saturated heterocycles. The fourth-order valence-electron chi connectivity index (χ4n) is 1.91. The highest BCUT2D eigenvalue weighted by molar-refractivity contribution is 5.78. The molecule has 0 spiro atoms. The molecule has 4 nitrogen and oxygen atoms in total. The van der Waals surface area contributed by atoms with Gasteiger partial charge in [0, 0.05) is 19.6 Å². The average molecular weight is 213 g/mol. The molecule has 0 bridgehead atoms. The molecule has 1 heterocycles. The quantitative estimate of drug-likeness (QED) is 0.693. The molecule has 15 heavy (non-hydrogen) atoms. The van der Waals surface area contributed by atoms with Crippen LogP contribution in [0.3, 0.4) is 0 Å². The van der Waals surface area contributed by atoms with Gasteiger partial charge in [-0.1, -0.05) is 13.8 Å². The Bertz CT molecular complexity index is 206. The third-order valence-electron chi connectivity index (χ3n) is 3.08. The zero-order valence-corrected chi connectivity index (χ0v) is 9.83. The summed E-state index contributed by atoms with van der Waals surface area (Å²) in [6.45, 7) is 8.37. The summed E-state index contributed by atoms with van der Waals surface area (Å²) in [5.74, 6) is 1.23. The van der Waals surface area contributed by atoms with Gasteiger partial charge in [0.15, 0.2) is 0 Å². The molecule has 0 aliphatic carbocycles. The van der Waals surface area contributed by atoms with Gasteiger partial charge in [-0.3, -0.25) is 9.69 Å². The number of carbonyl (C=O) groups is 1. The normalized spacial score (nSPS) is 21.2. The molecule has 4 heteroatoms. The van der Waals surface area contributed by atoms with Crippen LogP contribution in [0.1, 0.15) is 20.3 Å². The van der Waals surface area contributed by atoms with Crippen LogP contribution in [0.15, 0.2) is 0 Å². The molecule has 1 unspecified atom stereocenters. The highest BCUT2D eigenvalue weighted by Crippen LogP contribution is 2.11. The molecule has 0 saturated carbocycles. The van der Waals surface area contributed by atoms with Crippen LogP contribution in [-0.4, -0.2) is 43.5 Å². The lowest BCUT2D eigenvalue weighted by molar-refractivity contribution is -0.121. The Morgan fingerprint density at radius 1 is 1.53 bits per heavy atom. The van der Waals surface area contributed by atoms with Crippen LogP contribution in [0.2, 0.25) is 0 Å². The van der Waals surface area contributed by atoms with Crippen molar-refractivity contribution in [3.8, 4) is 0 Å². The highest BCUT2D eigenvalue weighted by Gasteiger charge is 2.19. The van der Waals surface area contributed by atoms with E-state index in [0.29, 0.717) is 24.9 Å². The standard InChI is InChI=1S/C11H23N3O/c1-9(2)10(6-12)7-14-5-3-4-13-11(15)8-14/h9-10H,3-8,12H2,1-2H3,(H,13,15). The predicted octanol–water partition coefficient (Wildman–Crippen LogP) is 0.0392. The summed E-state index contributed by atoms with van der Waals surface area (Å²) >= 11 is 0. The van der Waals surface area contributed by atoms with E-state index in [4.69, 9.17) is 5.73 Å². The average Bonchev–Trinajstić information content (AvgIpc) is 2.38. The van der Waals surface area contributed by atoms with E-state index in [0.717, 1.165) is 26.1 Å². The van der Waals surface area contributed by atoms with Crippen molar-refractivity contribution in [2.75, 3.05) is 32.7 Å². The van der Waals surface area contributed by atoms with Crippen LogP contribution >= 0.6 is 0 Å². The Labute approximate surface area is 92.2 Å². The fourth-order valence-corrected chi connectivity index (χ4v) is 1.91. The molecule has 1 fully saturated rings. The Hall–Kier alpha value is -0.610. The first-order valence-corrected chi connectivity index (χ1v) is 5.82. The second-order valence-electron chi connectivity index (χ2n) is 4.68. The van der Waals surface area contributed by atoms with E-state index >= 15 is 0 Å². The third-order valence-corrected chi connectivity index (χ3v) is 3.08. The van der Waals surface area contributed by atoms with Crippen molar-refractivity contribution < 1.29 is 4.79 Å². The molecule has 0 radical (unpaired) electrons. The maximum atomic E-state index is 11.3. The van der Waals surface area contributed by atoms with Gasteiger partial charge >= 0.3 is 0 Å². The lowest BCUT2D eigenvalue weighted by Crippen LogP contribution is -2.39. The smallest absolute Gasteiger partial charge is 0.234 e. The number of amides is 1. The van der Waals surface area contributed by atoms with Crippen LogP contribution < -0.4 is 11.1 Å².